The third-order valence-electron chi connectivity index (χ3n) is 3.25. The quantitative estimate of drug-likeness (QED) is 0.761. The van der Waals surface area contributed by atoms with E-state index in [4.69, 9.17) is 4.74 Å². The fourth-order valence-corrected chi connectivity index (χ4v) is 2.17. The summed E-state index contributed by atoms with van der Waals surface area (Å²) in [5.74, 6) is 0.951. The predicted octanol–water partition coefficient (Wildman–Crippen LogP) is 3.63. The molecule has 0 bridgehead atoms. The van der Waals surface area contributed by atoms with E-state index >= 15 is 0 Å². The Morgan fingerprint density at radius 1 is 0.900 bits per heavy atom. The van der Waals surface area contributed by atoms with Crippen LogP contribution in [0.5, 0.6) is 5.75 Å². The zero-order valence-electron chi connectivity index (χ0n) is 12.3. The largest absolute Gasteiger partial charge is 0.490 e. The van der Waals surface area contributed by atoms with Gasteiger partial charge in [0.1, 0.15) is 11.9 Å². The van der Waals surface area contributed by atoms with E-state index in [1.807, 2.05) is 30.3 Å². The van der Waals surface area contributed by atoms with Gasteiger partial charge >= 0.3 is 0 Å². The van der Waals surface area contributed by atoms with E-state index in [2.05, 4.69) is 49.3 Å². The lowest BCUT2D eigenvalue weighted by Crippen LogP contribution is -2.25. The van der Waals surface area contributed by atoms with E-state index in [9.17, 15) is 0 Å². The van der Waals surface area contributed by atoms with Crippen LogP contribution in [0.3, 0.4) is 0 Å². The lowest BCUT2D eigenvalue weighted by atomic mass is 10.1. The summed E-state index contributed by atoms with van der Waals surface area (Å²) in [5.41, 5.74) is 1.33. The molecule has 0 spiro atoms. The molecule has 1 unspecified atom stereocenters. The van der Waals surface area contributed by atoms with E-state index in [0.717, 1.165) is 25.1 Å². The van der Waals surface area contributed by atoms with Gasteiger partial charge in [-0.1, -0.05) is 48.5 Å². The highest BCUT2D eigenvalue weighted by molar-refractivity contribution is 5.22. The Kier molecular flexibility index (Phi) is 5.63. The molecule has 106 valence electrons. The first kappa shape index (κ1) is 14.6. The maximum atomic E-state index is 6.14. The van der Waals surface area contributed by atoms with Crippen molar-refractivity contribution in [2.75, 3.05) is 20.6 Å². The molecule has 2 aromatic rings. The number of nitrogens with zero attached hydrogens (tertiary/aromatic N) is 1. The van der Waals surface area contributed by atoms with Crippen molar-refractivity contribution in [1.29, 1.82) is 0 Å². The van der Waals surface area contributed by atoms with E-state index in [-0.39, 0.29) is 6.10 Å². The van der Waals surface area contributed by atoms with Crippen LogP contribution in [0.15, 0.2) is 60.7 Å². The molecule has 0 fully saturated rings. The molecule has 20 heavy (non-hydrogen) atoms. The highest BCUT2D eigenvalue weighted by Crippen LogP contribution is 2.16. The summed E-state index contributed by atoms with van der Waals surface area (Å²) in [6.45, 7) is 1.03. The third kappa shape index (κ3) is 5.06. The molecule has 2 nitrogen and oxygen atoms in total. The van der Waals surface area contributed by atoms with Crippen molar-refractivity contribution in [3.8, 4) is 5.75 Å². The van der Waals surface area contributed by atoms with Crippen LogP contribution in [0.2, 0.25) is 0 Å². The second-order valence-electron chi connectivity index (χ2n) is 5.33. The van der Waals surface area contributed by atoms with Crippen LogP contribution in [0, 0.1) is 0 Å². The van der Waals surface area contributed by atoms with Crippen molar-refractivity contribution >= 4 is 0 Å². The van der Waals surface area contributed by atoms with Gasteiger partial charge < -0.3 is 9.64 Å². The molecule has 0 heterocycles. The van der Waals surface area contributed by atoms with Crippen LogP contribution in [-0.4, -0.2) is 31.6 Å². The average molecular weight is 269 g/mol. The number of ether oxygens (including phenoxy) is 1. The Hall–Kier alpha value is -1.80. The molecule has 0 amide bonds. The summed E-state index contributed by atoms with van der Waals surface area (Å²) in [4.78, 5) is 2.20. The summed E-state index contributed by atoms with van der Waals surface area (Å²) in [6.07, 6.45) is 2.18. The lowest BCUT2D eigenvalue weighted by molar-refractivity contribution is 0.176. The van der Waals surface area contributed by atoms with Gasteiger partial charge in [0.25, 0.3) is 0 Å². The Labute approximate surface area is 122 Å². The van der Waals surface area contributed by atoms with Gasteiger partial charge in [-0.05, 0) is 38.2 Å². The first-order chi connectivity index (χ1) is 9.74. The van der Waals surface area contributed by atoms with Gasteiger partial charge in [0.2, 0.25) is 0 Å². The standard InChI is InChI=1S/C18H23NO/c1-19(2)14-13-18(15-16-9-5-3-6-10-16)20-17-11-7-4-8-12-17/h3-12,18H,13-15H2,1-2H3. The summed E-state index contributed by atoms with van der Waals surface area (Å²) in [6, 6.07) is 20.6. The van der Waals surface area contributed by atoms with Crippen LogP contribution in [0.4, 0.5) is 0 Å². The molecule has 0 aliphatic heterocycles. The minimum atomic E-state index is 0.210. The molecule has 0 aliphatic rings. The Morgan fingerprint density at radius 3 is 2.10 bits per heavy atom. The molecule has 0 N–H and O–H groups in total. The van der Waals surface area contributed by atoms with Gasteiger partial charge in [0, 0.05) is 13.0 Å². The fraction of sp³-hybridized carbons (Fsp3) is 0.333. The minimum Gasteiger partial charge on any atom is -0.490 e. The molecule has 2 aromatic carbocycles. The molecule has 0 aromatic heterocycles. The van der Waals surface area contributed by atoms with Crippen molar-refractivity contribution in [2.24, 2.45) is 0 Å². The summed E-state index contributed by atoms with van der Waals surface area (Å²) < 4.78 is 6.14. The van der Waals surface area contributed by atoms with Crippen LogP contribution in [0.25, 0.3) is 0 Å². The number of hydrogen-bond donors (Lipinski definition) is 0. The van der Waals surface area contributed by atoms with Gasteiger partial charge in [-0.15, -0.1) is 0 Å². The predicted molar refractivity (Wildman–Crippen MR) is 84.2 cm³/mol. The van der Waals surface area contributed by atoms with Gasteiger partial charge in [0.05, 0.1) is 0 Å². The SMILES string of the molecule is CN(C)CCC(Cc1ccccc1)Oc1ccccc1. The molecule has 0 saturated carbocycles. The smallest absolute Gasteiger partial charge is 0.119 e. The Balaban J connectivity index is 2.00. The number of para-hydroxylation sites is 1. The van der Waals surface area contributed by atoms with Crippen molar-refractivity contribution < 1.29 is 4.74 Å². The van der Waals surface area contributed by atoms with Gasteiger partial charge in [0.15, 0.2) is 0 Å². The van der Waals surface area contributed by atoms with E-state index < -0.39 is 0 Å². The molecule has 1 atom stereocenters. The third-order valence-corrected chi connectivity index (χ3v) is 3.25. The zero-order valence-corrected chi connectivity index (χ0v) is 12.3. The number of hydrogen-bond acceptors (Lipinski definition) is 2. The monoisotopic (exact) mass is 269 g/mol. The second-order valence-corrected chi connectivity index (χ2v) is 5.33. The van der Waals surface area contributed by atoms with Crippen LogP contribution >= 0.6 is 0 Å². The summed E-state index contributed by atoms with van der Waals surface area (Å²) in [5, 5.41) is 0. The first-order valence-corrected chi connectivity index (χ1v) is 7.14. The second kappa shape index (κ2) is 7.71. The lowest BCUT2D eigenvalue weighted by Gasteiger charge is -2.21. The van der Waals surface area contributed by atoms with Crippen LogP contribution in [0.1, 0.15) is 12.0 Å². The van der Waals surface area contributed by atoms with Crippen LogP contribution < -0.4 is 4.74 Å². The summed E-state index contributed by atoms with van der Waals surface area (Å²) in [7, 11) is 4.20. The fourth-order valence-electron chi connectivity index (χ4n) is 2.17. The van der Waals surface area contributed by atoms with E-state index in [1.54, 1.807) is 0 Å². The number of benzene rings is 2. The molecule has 0 radical (unpaired) electrons. The highest BCUT2D eigenvalue weighted by Gasteiger charge is 2.12. The number of rotatable bonds is 7. The normalized spacial score (nSPS) is 12.3. The van der Waals surface area contributed by atoms with E-state index in [0.29, 0.717) is 0 Å². The highest BCUT2D eigenvalue weighted by atomic mass is 16.5. The molecule has 0 aliphatic carbocycles. The Morgan fingerprint density at radius 2 is 1.50 bits per heavy atom. The van der Waals surface area contributed by atoms with Crippen molar-refractivity contribution in [1.82, 2.24) is 4.90 Å². The van der Waals surface area contributed by atoms with Crippen molar-refractivity contribution in [3.63, 3.8) is 0 Å². The molecule has 0 saturated heterocycles. The molecular formula is C18H23NO. The zero-order chi connectivity index (χ0) is 14.2. The molecular weight excluding hydrogens is 246 g/mol. The van der Waals surface area contributed by atoms with Gasteiger partial charge in [-0.3, -0.25) is 0 Å². The summed E-state index contributed by atoms with van der Waals surface area (Å²) >= 11 is 0. The minimum absolute atomic E-state index is 0.210. The maximum absolute atomic E-state index is 6.14. The topological polar surface area (TPSA) is 12.5 Å². The van der Waals surface area contributed by atoms with E-state index in [1.165, 1.54) is 5.56 Å². The van der Waals surface area contributed by atoms with Crippen LogP contribution in [-0.2, 0) is 6.42 Å². The van der Waals surface area contributed by atoms with Crippen molar-refractivity contribution in [2.45, 2.75) is 18.9 Å². The maximum Gasteiger partial charge on any atom is 0.119 e. The van der Waals surface area contributed by atoms with Gasteiger partial charge in [-0.25, -0.2) is 0 Å². The Bertz CT molecular complexity index is 440. The van der Waals surface area contributed by atoms with Gasteiger partial charge in [-0.2, -0.15) is 0 Å². The molecule has 2 heteroatoms. The first-order valence-electron chi connectivity index (χ1n) is 7.14. The van der Waals surface area contributed by atoms with Crippen molar-refractivity contribution in [3.05, 3.63) is 66.2 Å². The average Bonchev–Trinajstić information content (AvgIpc) is 2.47. The molecule has 2 rings (SSSR count).